The molecule has 1 aliphatic rings. The van der Waals surface area contributed by atoms with E-state index in [1.807, 2.05) is 30.2 Å². The molecule has 1 aliphatic heterocycles. The van der Waals surface area contributed by atoms with E-state index in [0.29, 0.717) is 12.5 Å². The highest BCUT2D eigenvalue weighted by Gasteiger charge is 2.25. The number of aromatic nitrogens is 3. The van der Waals surface area contributed by atoms with Crippen molar-refractivity contribution in [2.45, 2.75) is 53.0 Å². The molecular formula is C18H27N5O. The quantitative estimate of drug-likeness (QED) is 0.940. The normalized spacial score (nSPS) is 16.6. The van der Waals surface area contributed by atoms with Crippen molar-refractivity contribution < 1.29 is 4.79 Å². The fraction of sp³-hybridized carbons (Fsp3) is 0.611. The third-order valence-electron chi connectivity index (χ3n) is 4.34. The second kappa shape index (κ2) is 6.42. The number of hydrogen-bond acceptors (Lipinski definition) is 4. The van der Waals surface area contributed by atoms with Gasteiger partial charge in [0.15, 0.2) is 5.65 Å². The summed E-state index contributed by atoms with van der Waals surface area (Å²) in [6, 6.07) is 4.41. The molecule has 0 atom stereocenters. The second-order valence-corrected chi connectivity index (χ2v) is 7.92. The van der Waals surface area contributed by atoms with Gasteiger partial charge in [0.25, 0.3) is 0 Å². The molecular weight excluding hydrogens is 302 g/mol. The van der Waals surface area contributed by atoms with E-state index >= 15 is 0 Å². The van der Waals surface area contributed by atoms with Crippen LogP contribution in [0, 0.1) is 12.3 Å². The standard InChI is InChI=1S/C18H27N5O/c1-13-19-16-6-5-15(12-23(16)21-13)20-14-7-9-22(10-8-14)17(24)11-18(2,3)4/h5-6,12,14,20H,7-11H2,1-4H3. The third-order valence-corrected chi connectivity index (χ3v) is 4.34. The average molecular weight is 329 g/mol. The number of likely N-dealkylation sites (tertiary alicyclic amines) is 1. The molecule has 3 rings (SSSR count). The summed E-state index contributed by atoms with van der Waals surface area (Å²) in [5.41, 5.74) is 1.96. The van der Waals surface area contributed by atoms with Gasteiger partial charge in [-0.3, -0.25) is 4.79 Å². The first-order chi connectivity index (χ1) is 11.3. The van der Waals surface area contributed by atoms with E-state index in [9.17, 15) is 4.79 Å². The van der Waals surface area contributed by atoms with Gasteiger partial charge >= 0.3 is 0 Å². The second-order valence-electron chi connectivity index (χ2n) is 7.92. The molecule has 0 unspecified atom stereocenters. The van der Waals surface area contributed by atoms with Crippen molar-refractivity contribution in [3.05, 3.63) is 24.2 Å². The van der Waals surface area contributed by atoms with Crippen molar-refractivity contribution >= 4 is 17.2 Å². The minimum atomic E-state index is 0.0531. The molecule has 0 aliphatic carbocycles. The molecule has 2 aromatic heterocycles. The minimum Gasteiger partial charge on any atom is -0.381 e. The molecule has 0 spiro atoms. The fourth-order valence-corrected chi connectivity index (χ4v) is 3.15. The Labute approximate surface area is 143 Å². The third kappa shape index (κ3) is 4.04. The van der Waals surface area contributed by atoms with E-state index < -0.39 is 0 Å². The molecule has 0 bridgehead atoms. The summed E-state index contributed by atoms with van der Waals surface area (Å²) >= 11 is 0. The first kappa shape index (κ1) is 16.7. The van der Waals surface area contributed by atoms with Crippen LogP contribution in [-0.4, -0.2) is 44.5 Å². The number of carbonyl (C=O) groups is 1. The Kier molecular flexibility index (Phi) is 4.47. The molecule has 0 saturated carbocycles. The van der Waals surface area contributed by atoms with Crippen LogP contribution < -0.4 is 5.32 Å². The highest BCUT2D eigenvalue weighted by molar-refractivity contribution is 5.77. The van der Waals surface area contributed by atoms with Gasteiger partial charge in [-0.05, 0) is 37.3 Å². The van der Waals surface area contributed by atoms with Crippen LogP contribution in [-0.2, 0) is 4.79 Å². The van der Waals surface area contributed by atoms with Gasteiger partial charge in [-0.25, -0.2) is 9.50 Å². The maximum absolute atomic E-state index is 12.3. The Bertz CT molecular complexity index is 723. The summed E-state index contributed by atoms with van der Waals surface area (Å²) in [4.78, 5) is 18.7. The van der Waals surface area contributed by atoms with E-state index in [-0.39, 0.29) is 11.3 Å². The van der Waals surface area contributed by atoms with Crippen molar-refractivity contribution in [1.29, 1.82) is 0 Å². The zero-order valence-electron chi connectivity index (χ0n) is 15.0. The van der Waals surface area contributed by atoms with Crippen LogP contribution in [0.15, 0.2) is 18.3 Å². The van der Waals surface area contributed by atoms with Crippen molar-refractivity contribution in [3.63, 3.8) is 0 Å². The van der Waals surface area contributed by atoms with Gasteiger partial charge in [-0.1, -0.05) is 20.8 Å². The number of anilines is 1. The predicted octanol–water partition coefficient (Wildman–Crippen LogP) is 2.88. The number of fused-ring (bicyclic) bond motifs is 1. The number of nitrogens with one attached hydrogen (secondary N) is 1. The SMILES string of the molecule is Cc1nc2ccc(NC3CCN(C(=O)CC(C)(C)C)CC3)cn2n1. The van der Waals surface area contributed by atoms with Crippen LogP contribution in [0.25, 0.3) is 5.65 Å². The Hall–Kier alpha value is -2.11. The van der Waals surface area contributed by atoms with E-state index in [2.05, 4.69) is 36.2 Å². The Morgan fingerprint density at radius 1 is 1.29 bits per heavy atom. The van der Waals surface area contributed by atoms with Gasteiger partial charge in [0, 0.05) is 25.6 Å². The Morgan fingerprint density at radius 2 is 2.00 bits per heavy atom. The van der Waals surface area contributed by atoms with Crippen molar-refractivity contribution in [2.24, 2.45) is 5.41 Å². The number of piperidine rings is 1. The topological polar surface area (TPSA) is 62.5 Å². The first-order valence-corrected chi connectivity index (χ1v) is 8.67. The van der Waals surface area contributed by atoms with Crippen molar-refractivity contribution in [1.82, 2.24) is 19.5 Å². The van der Waals surface area contributed by atoms with Crippen molar-refractivity contribution in [3.8, 4) is 0 Å². The van der Waals surface area contributed by atoms with Gasteiger partial charge < -0.3 is 10.2 Å². The smallest absolute Gasteiger partial charge is 0.223 e. The van der Waals surface area contributed by atoms with Gasteiger partial charge in [0.2, 0.25) is 5.91 Å². The molecule has 0 radical (unpaired) electrons. The molecule has 2 aromatic rings. The molecule has 24 heavy (non-hydrogen) atoms. The minimum absolute atomic E-state index is 0.0531. The van der Waals surface area contributed by atoms with E-state index in [1.165, 1.54) is 0 Å². The number of rotatable bonds is 3. The molecule has 130 valence electrons. The maximum atomic E-state index is 12.3. The zero-order valence-corrected chi connectivity index (χ0v) is 15.0. The lowest BCUT2D eigenvalue weighted by Crippen LogP contribution is -2.43. The van der Waals surface area contributed by atoms with E-state index in [0.717, 1.165) is 43.1 Å². The highest BCUT2D eigenvalue weighted by atomic mass is 16.2. The summed E-state index contributed by atoms with van der Waals surface area (Å²) in [6.07, 6.45) is 4.55. The fourth-order valence-electron chi connectivity index (χ4n) is 3.15. The van der Waals surface area contributed by atoms with Gasteiger partial charge in [-0.15, -0.1) is 0 Å². The molecule has 3 heterocycles. The predicted molar refractivity (Wildman–Crippen MR) is 95.0 cm³/mol. The lowest BCUT2D eigenvalue weighted by molar-refractivity contribution is -0.134. The summed E-state index contributed by atoms with van der Waals surface area (Å²) in [5.74, 6) is 1.05. The van der Waals surface area contributed by atoms with Crippen LogP contribution >= 0.6 is 0 Å². The number of aryl methyl sites for hydroxylation is 1. The number of carbonyl (C=O) groups excluding carboxylic acids is 1. The molecule has 1 amide bonds. The number of amides is 1. The van der Waals surface area contributed by atoms with Gasteiger partial charge in [-0.2, -0.15) is 5.10 Å². The van der Waals surface area contributed by atoms with Gasteiger partial charge in [0.1, 0.15) is 5.82 Å². The number of pyridine rings is 1. The maximum Gasteiger partial charge on any atom is 0.223 e. The van der Waals surface area contributed by atoms with Crippen LogP contribution in [0.2, 0.25) is 0 Å². The monoisotopic (exact) mass is 329 g/mol. The average Bonchev–Trinajstić information content (AvgIpc) is 2.85. The van der Waals surface area contributed by atoms with E-state index in [4.69, 9.17) is 0 Å². The lowest BCUT2D eigenvalue weighted by atomic mass is 9.91. The Morgan fingerprint density at radius 3 is 2.67 bits per heavy atom. The summed E-state index contributed by atoms with van der Waals surface area (Å²) < 4.78 is 1.81. The van der Waals surface area contributed by atoms with Gasteiger partial charge in [0.05, 0.1) is 11.9 Å². The zero-order chi connectivity index (χ0) is 17.3. The van der Waals surface area contributed by atoms with Crippen molar-refractivity contribution in [2.75, 3.05) is 18.4 Å². The summed E-state index contributed by atoms with van der Waals surface area (Å²) in [7, 11) is 0. The molecule has 1 fully saturated rings. The van der Waals surface area contributed by atoms with Crippen LogP contribution in [0.4, 0.5) is 5.69 Å². The van der Waals surface area contributed by atoms with Crippen LogP contribution in [0.5, 0.6) is 0 Å². The van der Waals surface area contributed by atoms with E-state index in [1.54, 1.807) is 4.52 Å². The molecule has 0 aromatic carbocycles. The molecule has 6 nitrogen and oxygen atoms in total. The summed E-state index contributed by atoms with van der Waals surface area (Å²) in [5, 5.41) is 7.91. The lowest BCUT2D eigenvalue weighted by Gasteiger charge is -2.34. The molecule has 1 saturated heterocycles. The van der Waals surface area contributed by atoms with Crippen LogP contribution in [0.3, 0.4) is 0 Å². The van der Waals surface area contributed by atoms with Crippen LogP contribution in [0.1, 0.15) is 45.9 Å². The first-order valence-electron chi connectivity index (χ1n) is 8.67. The summed E-state index contributed by atoms with van der Waals surface area (Å²) in [6.45, 7) is 9.89. The number of hydrogen-bond donors (Lipinski definition) is 1. The number of nitrogens with zero attached hydrogens (tertiary/aromatic N) is 4. The largest absolute Gasteiger partial charge is 0.381 e. The molecule has 1 N–H and O–H groups in total. The Balaban J connectivity index is 1.55. The molecule has 6 heteroatoms. The highest BCUT2D eigenvalue weighted by Crippen LogP contribution is 2.23.